The molecular formula is C23H35N3O2. The predicted octanol–water partition coefficient (Wildman–Crippen LogP) is 3.42. The number of guanidine groups is 1. The van der Waals surface area contributed by atoms with Gasteiger partial charge in [0.2, 0.25) is 0 Å². The first-order chi connectivity index (χ1) is 13.8. The molecule has 2 heterocycles. The van der Waals surface area contributed by atoms with Gasteiger partial charge in [-0.3, -0.25) is 4.99 Å². The van der Waals surface area contributed by atoms with E-state index in [1.807, 2.05) is 7.05 Å². The summed E-state index contributed by atoms with van der Waals surface area (Å²) in [5.74, 6) is 2.50. The fraction of sp³-hybridized carbons (Fsp3) is 0.696. The third kappa shape index (κ3) is 5.26. The maximum atomic E-state index is 6.14. The molecule has 1 aromatic rings. The van der Waals surface area contributed by atoms with E-state index in [2.05, 4.69) is 45.5 Å². The van der Waals surface area contributed by atoms with Gasteiger partial charge in [-0.2, -0.15) is 0 Å². The van der Waals surface area contributed by atoms with Crippen molar-refractivity contribution in [2.24, 2.45) is 10.9 Å². The largest absolute Gasteiger partial charge is 0.376 e. The standard InChI is InChI=1S/C23H35N3O2/c1-24-23(25-16-19-15-22(19)18-7-3-2-4-8-18)26-12-10-20(11-13-26)28-17-21-9-5-6-14-27-21/h2-4,7-8,19-22H,5-6,9-17H2,1H3,(H,24,25). The molecule has 0 bridgehead atoms. The molecule has 4 rings (SSSR count). The first-order valence-corrected chi connectivity index (χ1v) is 11.1. The van der Waals surface area contributed by atoms with Gasteiger partial charge in [0.1, 0.15) is 0 Å². The van der Waals surface area contributed by atoms with E-state index in [0.29, 0.717) is 18.1 Å². The molecule has 0 spiro atoms. The Kier molecular flexibility index (Phi) is 6.86. The Balaban J connectivity index is 1.15. The average molecular weight is 386 g/mol. The molecule has 1 N–H and O–H groups in total. The van der Waals surface area contributed by atoms with Crippen molar-refractivity contribution in [1.82, 2.24) is 10.2 Å². The molecule has 0 amide bonds. The molecule has 0 aromatic heterocycles. The van der Waals surface area contributed by atoms with Crippen LogP contribution >= 0.6 is 0 Å². The lowest BCUT2D eigenvalue weighted by Gasteiger charge is -2.35. The molecule has 3 unspecified atom stereocenters. The lowest BCUT2D eigenvalue weighted by molar-refractivity contribution is -0.0721. The Bertz CT molecular complexity index is 622. The van der Waals surface area contributed by atoms with E-state index in [-0.39, 0.29) is 0 Å². The topological polar surface area (TPSA) is 46.1 Å². The Labute approximate surface area is 169 Å². The summed E-state index contributed by atoms with van der Waals surface area (Å²) in [6.07, 6.45) is 7.75. The second-order valence-corrected chi connectivity index (χ2v) is 8.45. The van der Waals surface area contributed by atoms with Crippen LogP contribution in [0.5, 0.6) is 0 Å². The highest BCUT2D eigenvalue weighted by Crippen LogP contribution is 2.46. The highest BCUT2D eigenvalue weighted by atomic mass is 16.5. The molecule has 0 radical (unpaired) electrons. The number of piperidine rings is 1. The van der Waals surface area contributed by atoms with Crippen LogP contribution in [0.1, 0.15) is 50.0 Å². The number of hydrogen-bond acceptors (Lipinski definition) is 3. The molecule has 2 saturated heterocycles. The number of likely N-dealkylation sites (tertiary alicyclic amines) is 1. The van der Waals surface area contributed by atoms with Crippen LogP contribution < -0.4 is 5.32 Å². The number of aliphatic imine (C=N–C) groups is 1. The van der Waals surface area contributed by atoms with Crippen LogP contribution in [0, 0.1) is 5.92 Å². The highest BCUT2D eigenvalue weighted by molar-refractivity contribution is 5.80. The van der Waals surface area contributed by atoms with Gasteiger partial charge in [-0.25, -0.2) is 0 Å². The first-order valence-electron chi connectivity index (χ1n) is 11.1. The summed E-state index contributed by atoms with van der Waals surface area (Å²) in [5, 5.41) is 3.61. The minimum Gasteiger partial charge on any atom is -0.376 e. The smallest absolute Gasteiger partial charge is 0.193 e. The summed E-state index contributed by atoms with van der Waals surface area (Å²) in [5.41, 5.74) is 1.48. The van der Waals surface area contributed by atoms with Crippen LogP contribution in [0.3, 0.4) is 0 Å². The molecule has 3 atom stereocenters. The summed E-state index contributed by atoms with van der Waals surface area (Å²) in [6, 6.07) is 10.9. The van der Waals surface area contributed by atoms with Crippen molar-refractivity contribution in [2.75, 3.05) is 39.9 Å². The van der Waals surface area contributed by atoms with Gasteiger partial charge in [-0.15, -0.1) is 0 Å². The Hall–Kier alpha value is -1.59. The van der Waals surface area contributed by atoms with E-state index in [1.54, 1.807) is 0 Å². The highest BCUT2D eigenvalue weighted by Gasteiger charge is 2.38. The number of hydrogen-bond donors (Lipinski definition) is 1. The summed E-state index contributed by atoms with van der Waals surface area (Å²) >= 11 is 0. The van der Waals surface area contributed by atoms with E-state index >= 15 is 0 Å². The first kappa shape index (κ1) is 19.7. The van der Waals surface area contributed by atoms with Crippen LogP contribution in [0.25, 0.3) is 0 Å². The van der Waals surface area contributed by atoms with Crippen LogP contribution in [0.2, 0.25) is 0 Å². The van der Waals surface area contributed by atoms with Crippen LogP contribution in [-0.4, -0.2) is 63.0 Å². The van der Waals surface area contributed by atoms with E-state index in [1.165, 1.54) is 24.8 Å². The maximum Gasteiger partial charge on any atom is 0.193 e. The zero-order valence-corrected chi connectivity index (χ0v) is 17.2. The van der Waals surface area contributed by atoms with Crippen molar-refractivity contribution in [3.8, 4) is 0 Å². The van der Waals surface area contributed by atoms with Gasteiger partial charge in [-0.1, -0.05) is 30.3 Å². The molecule has 1 aliphatic carbocycles. The molecule has 3 fully saturated rings. The predicted molar refractivity (Wildman–Crippen MR) is 113 cm³/mol. The zero-order valence-electron chi connectivity index (χ0n) is 17.2. The third-order valence-corrected chi connectivity index (χ3v) is 6.42. The molecule has 3 aliphatic rings. The number of benzene rings is 1. The molecule has 5 heteroatoms. The zero-order chi connectivity index (χ0) is 19.2. The van der Waals surface area contributed by atoms with Gasteiger partial charge in [-0.05, 0) is 55.9 Å². The summed E-state index contributed by atoms with van der Waals surface area (Å²) < 4.78 is 11.9. The van der Waals surface area contributed by atoms with Gasteiger partial charge in [0.05, 0.1) is 18.8 Å². The summed E-state index contributed by atoms with van der Waals surface area (Å²) in [6.45, 7) is 4.72. The second kappa shape index (κ2) is 9.75. The maximum absolute atomic E-state index is 6.14. The van der Waals surface area contributed by atoms with Gasteiger partial charge < -0.3 is 19.7 Å². The van der Waals surface area contributed by atoms with Crippen LogP contribution in [0.4, 0.5) is 0 Å². The van der Waals surface area contributed by atoms with E-state index in [9.17, 15) is 0 Å². The molecule has 1 aromatic carbocycles. The van der Waals surface area contributed by atoms with E-state index in [0.717, 1.165) is 64.0 Å². The number of rotatable bonds is 6. The third-order valence-electron chi connectivity index (χ3n) is 6.42. The fourth-order valence-corrected chi connectivity index (χ4v) is 4.55. The van der Waals surface area contributed by atoms with Crippen LogP contribution in [0.15, 0.2) is 35.3 Å². The SMILES string of the molecule is CN=C(NCC1CC1c1ccccc1)N1CCC(OCC2CCCCO2)CC1. The molecule has 2 aliphatic heterocycles. The summed E-state index contributed by atoms with van der Waals surface area (Å²) in [4.78, 5) is 6.91. The normalized spacial score (nSPS) is 29.0. The number of nitrogens with zero attached hydrogens (tertiary/aromatic N) is 2. The molecule has 154 valence electrons. The van der Waals surface area contributed by atoms with Gasteiger partial charge in [0.25, 0.3) is 0 Å². The molecule has 5 nitrogen and oxygen atoms in total. The fourth-order valence-electron chi connectivity index (χ4n) is 4.55. The van der Waals surface area contributed by atoms with Crippen molar-refractivity contribution in [3.63, 3.8) is 0 Å². The molecular weight excluding hydrogens is 350 g/mol. The summed E-state index contributed by atoms with van der Waals surface area (Å²) in [7, 11) is 1.90. The Morgan fingerprint density at radius 3 is 2.71 bits per heavy atom. The monoisotopic (exact) mass is 385 g/mol. The van der Waals surface area contributed by atoms with Gasteiger partial charge >= 0.3 is 0 Å². The lowest BCUT2D eigenvalue weighted by atomic mass is 10.1. The minimum atomic E-state index is 0.317. The quantitative estimate of drug-likeness (QED) is 0.602. The van der Waals surface area contributed by atoms with Crippen molar-refractivity contribution in [2.45, 2.75) is 56.7 Å². The second-order valence-electron chi connectivity index (χ2n) is 8.45. The molecule has 28 heavy (non-hydrogen) atoms. The average Bonchev–Trinajstić information content (AvgIpc) is 3.55. The van der Waals surface area contributed by atoms with Crippen molar-refractivity contribution in [1.29, 1.82) is 0 Å². The van der Waals surface area contributed by atoms with Crippen molar-refractivity contribution in [3.05, 3.63) is 35.9 Å². The van der Waals surface area contributed by atoms with Gasteiger partial charge in [0.15, 0.2) is 5.96 Å². The van der Waals surface area contributed by atoms with Gasteiger partial charge in [0, 0.05) is 33.3 Å². The number of ether oxygens (including phenoxy) is 2. The Morgan fingerprint density at radius 1 is 1.18 bits per heavy atom. The van der Waals surface area contributed by atoms with E-state index in [4.69, 9.17) is 9.47 Å². The number of nitrogens with one attached hydrogen (secondary N) is 1. The minimum absolute atomic E-state index is 0.317. The van der Waals surface area contributed by atoms with Crippen molar-refractivity contribution >= 4 is 5.96 Å². The van der Waals surface area contributed by atoms with E-state index < -0.39 is 0 Å². The van der Waals surface area contributed by atoms with Crippen LogP contribution in [-0.2, 0) is 9.47 Å². The Morgan fingerprint density at radius 2 is 2.00 bits per heavy atom. The lowest BCUT2D eigenvalue weighted by Crippen LogP contribution is -2.47. The molecule has 1 saturated carbocycles. The van der Waals surface area contributed by atoms with Crippen molar-refractivity contribution < 1.29 is 9.47 Å².